The summed E-state index contributed by atoms with van der Waals surface area (Å²) < 4.78 is 39.7. The number of anilines is 1. The van der Waals surface area contributed by atoms with Crippen LogP contribution in [0.4, 0.5) is 18.9 Å². The normalized spacial score (nSPS) is 16.8. The second kappa shape index (κ2) is 6.12. The van der Waals surface area contributed by atoms with E-state index in [0.29, 0.717) is 24.0 Å². The van der Waals surface area contributed by atoms with Crippen LogP contribution in [0, 0.1) is 0 Å². The van der Waals surface area contributed by atoms with E-state index in [1.165, 1.54) is 22.4 Å². The molecule has 26 heavy (non-hydrogen) atoms. The van der Waals surface area contributed by atoms with Crippen LogP contribution in [-0.4, -0.2) is 26.8 Å². The summed E-state index contributed by atoms with van der Waals surface area (Å²) in [5.41, 5.74) is 2.22. The number of rotatable bonds is 3. The van der Waals surface area contributed by atoms with Gasteiger partial charge in [-0.15, -0.1) is 5.10 Å². The summed E-state index contributed by atoms with van der Waals surface area (Å²) in [7, 11) is 0. The Morgan fingerprint density at radius 3 is 2.54 bits per heavy atom. The number of fused-ring (bicyclic) bond motifs is 1. The van der Waals surface area contributed by atoms with Gasteiger partial charge < -0.3 is 4.90 Å². The molecule has 1 aliphatic rings. The first-order chi connectivity index (χ1) is 12.4. The molecule has 1 aromatic heterocycles. The molecule has 2 aromatic carbocycles. The number of tetrazole rings is 1. The average Bonchev–Trinajstić information content (AvgIpc) is 3.20. The van der Waals surface area contributed by atoms with Crippen LogP contribution in [0.5, 0.6) is 0 Å². The summed E-state index contributed by atoms with van der Waals surface area (Å²) in [5.74, 6) is 0.982. The predicted molar refractivity (Wildman–Crippen MR) is 90.1 cm³/mol. The fourth-order valence-corrected chi connectivity index (χ4v) is 3.34. The third-order valence-corrected chi connectivity index (χ3v) is 4.61. The van der Waals surface area contributed by atoms with E-state index in [9.17, 15) is 13.2 Å². The Labute approximate surface area is 148 Å². The SMILES string of the molecule is CC1CN(Cc2nnnn2-c2ccc(C(F)(F)F)cc2)c2ccccc21. The van der Waals surface area contributed by atoms with Gasteiger partial charge in [-0.1, -0.05) is 25.1 Å². The Hall–Kier alpha value is -2.90. The maximum atomic E-state index is 12.7. The van der Waals surface area contributed by atoms with Crippen molar-refractivity contribution in [1.29, 1.82) is 0 Å². The maximum absolute atomic E-state index is 12.7. The predicted octanol–water partition coefficient (Wildman–Crippen LogP) is 3.80. The molecule has 0 radical (unpaired) electrons. The highest BCUT2D eigenvalue weighted by Crippen LogP contribution is 2.36. The van der Waals surface area contributed by atoms with Crippen LogP contribution in [-0.2, 0) is 12.7 Å². The molecule has 3 aromatic rings. The van der Waals surface area contributed by atoms with Gasteiger partial charge in [0.25, 0.3) is 0 Å². The van der Waals surface area contributed by atoms with Gasteiger partial charge in [-0.25, -0.2) is 0 Å². The summed E-state index contributed by atoms with van der Waals surface area (Å²) in [6.45, 7) is 3.49. The lowest BCUT2D eigenvalue weighted by Gasteiger charge is -2.19. The van der Waals surface area contributed by atoms with E-state index in [0.717, 1.165) is 24.4 Å². The van der Waals surface area contributed by atoms with Crippen molar-refractivity contribution in [3.63, 3.8) is 0 Å². The Morgan fingerprint density at radius 1 is 1.08 bits per heavy atom. The largest absolute Gasteiger partial charge is 0.416 e. The van der Waals surface area contributed by atoms with Gasteiger partial charge >= 0.3 is 6.18 Å². The van der Waals surface area contributed by atoms with Crippen molar-refractivity contribution >= 4 is 5.69 Å². The molecule has 0 saturated heterocycles. The molecule has 0 bridgehead atoms. The van der Waals surface area contributed by atoms with Crippen LogP contribution in [0.1, 0.15) is 29.8 Å². The van der Waals surface area contributed by atoms with Gasteiger partial charge in [0, 0.05) is 18.2 Å². The molecule has 0 spiro atoms. The summed E-state index contributed by atoms with van der Waals surface area (Å²) >= 11 is 0. The quantitative estimate of drug-likeness (QED) is 0.714. The number of aromatic nitrogens is 4. The highest BCUT2D eigenvalue weighted by Gasteiger charge is 2.30. The molecule has 1 aliphatic heterocycles. The summed E-state index contributed by atoms with van der Waals surface area (Å²) in [6, 6.07) is 13.0. The topological polar surface area (TPSA) is 46.8 Å². The fraction of sp³-hybridized carbons (Fsp3) is 0.278. The van der Waals surface area contributed by atoms with Crippen LogP contribution in [0.3, 0.4) is 0 Å². The lowest BCUT2D eigenvalue weighted by molar-refractivity contribution is -0.137. The van der Waals surface area contributed by atoms with E-state index < -0.39 is 11.7 Å². The van der Waals surface area contributed by atoms with E-state index >= 15 is 0 Å². The summed E-state index contributed by atoms with van der Waals surface area (Å²) in [4.78, 5) is 2.19. The molecule has 0 fully saturated rings. The van der Waals surface area contributed by atoms with Gasteiger partial charge in [-0.05, 0) is 46.3 Å². The van der Waals surface area contributed by atoms with Crippen LogP contribution in [0.25, 0.3) is 5.69 Å². The van der Waals surface area contributed by atoms with E-state index in [1.54, 1.807) is 0 Å². The molecule has 0 saturated carbocycles. The number of hydrogen-bond donors (Lipinski definition) is 0. The summed E-state index contributed by atoms with van der Waals surface area (Å²) in [6.07, 6.45) is -4.36. The van der Waals surface area contributed by atoms with Gasteiger partial charge in [0.15, 0.2) is 5.82 Å². The van der Waals surface area contributed by atoms with Crippen molar-refractivity contribution in [3.05, 3.63) is 65.5 Å². The van der Waals surface area contributed by atoms with E-state index in [1.807, 2.05) is 12.1 Å². The summed E-state index contributed by atoms with van der Waals surface area (Å²) in [5, 5.41) is 11.7. The minimum atomic E-state index is -4.36. The number of nitrogens with zero attached hydrogens (tertiary/aromatic N) is 5. The first-order valence-electron chi connectivity index (χ1n) is 8.22. The Bertz CT molecular complexity index is 917. The average molecular weight is 359 g/mol. The van der Waals surface area contributed by atoms with Gasteiger partial charge in [-0.3, -0.25) is 0 Å². The number of halogens is 3. The minimum absolute atomic E-state index is 0.404. The molecule has 8 heteroatoms. The highest BCUT2D eigenvalue weighted by atomic mass is 19.4. The first-order valence-corrected chi connectivity index (χ1v) is 8.22. The maximum Gasteiger partial charge on any atom is 0.416 e. The van der Waals surface area contributed by atoms with E-state index in [4.69, 9.17) is 0 Å². The van der Waals surface area contributed by atoms with E-state index in [-0.39, 0.29) is 0 Å². The van der Waals surface area contributed by atoms with Crippen molar-refractivity contribution in [2.45, 2.75) is 25.6 Å². The zero-order valence-electron chi connectivity index (χ0n) is 14.0. The monoisotopic (exact) mass is 359 g/mol. The zero-order chi connectivity index (χ0) is 18.3. The van der Waals surface area contributed by atoms with Crippen LogP contribution >= 0.6 is 0 Å². The first kappa shape index (κ1) is 16.6. The highest BCUT2D eigenvalue weighted by molar-refractivity contribution is 5.59. The zero-order valence-corrected chi connectivity index (χ0v) is 14.0. The number of para-hydroxylation sites is 1. The minimum Gasteiger partial charge on any atom is -0.363 e. The number of benzene rings is 2. The number of hydrogen-bond acceptors (Lipinski definition) is 4. The molecule has 4 rings (SSSR count). The molecule has 134 valence electrons. The standard InChI is InChI=1S/C18H16F3N5/c1-12-10-25(16-5-3-2-4-15(12)16)11-17-22-23-24-26(17)14-8-6-13(7-9-14)18(19,20)21/h2-9,12H,10-11H2,1H3. The molecule has 0 aliphatic carbocycles. The van der Waals surface area contributed by atoms with Gasteiger partial charge in [0.2, 0.25) is 0 Å². The van der Waals surface area contributed by atoms with Crippen molar-refractivity contribution in [1.82, 2.24) is 20.2 Å². The van der Waals surface area contributed by atoms with E-state index in [2.05, 4.69) is 39.5 Å². The van der Waals surface area contributed by atoms with Crippen molar-refractivity contribution in [2.24, 2.45) is 0 Å². The van der Waals surface area contributed by atoms with Crippen LogP contribution < -0.4 is 4.90 Å². The lowest BCUT2D eigenvalue weighted by atomic mass is 10.0. The van der Waals surface area contributed by atoms with Crippen molar-refractivity contribution in [3.8, 4) is 5.69 Å². The Balaban J connectivity index is 1.61. The molecule has 0 N–H and O–H groups in total. The lowest BCUT2D eigenvalue weighted by Crippen LogP contribution is -2.23. The van der Waals surface area contributed by atoms with Crippen LogP contribution in [0.15, 0.2) is 48.5 Å². The third-order valence-electron chi connectivity index (χ3n) is 4.61. The molecular formula is C18H16F3N5. The Kier molecular flexibility index (Phi) is 3.90. The van der Waals surface area contributed by atoms with Crippen molar-refractivity contribution < 1.29 is 13.2 Å². The smallest absolute Gasteiger partial charge is 0.363 e. The van der Waals surface area contributed by atoms with Crippen molar-refractivity contribution in [2.75, 3.05) is 11.4 Å². The molecule has 1 unspecified atom stereocenters. The third kappa shape index (κ3) is 2.91. The fourth-order valence-electron chi connectivity index (χ4n) is 3.34. The second-order valence-corrected chi connectivity index (χ2v) is 6.39. The Morgan fingerprint density at radius 2 is 1.81 bits per heavy atom. The number of alkyl halides is 3. The van der Waals surface area contributed by atoms with Crippen LogP contribution in [0.2, 0.25) is 0 Å². The molecule has 0 amide bonds. The van der Waals surface area contributed by atoms with Gasteiger partial charge in [0.1, 0.15) is 0 Å². The molecule has 5 nitrogen and oxygen atoms in total. The molecular weight excluding hydrogens is 343 g/mol. The van der Waals surface area contributed by atoms with Gasteiger partial charge in [-0.2, -0.15) is 17.9 Å². The molecule has 1 atom stereocenters. The van der Waals surface area contributed by atoms with Gasteiger partial charge in [0.05, 0.1) is 17.8 Å². The molecule has 2 heterocycles. The second-order valence-electron chi connectivity index (χ2n) is 6.39.